The zero-order valence-electron chi connectivity index (χ0n) is 21.7. The van der Waals surface area contributed by atoms with Crippen LogP contribution < -0.4 is 10.6 Å². The van der Waals surface area contributed by atoms with Crippen LogP contribution in [0.15, 0.2) is 29.2 Å². The quantitative estimate of drug-likeness (QED) is 0.342. The number of hydrogen-bond donors (Lipinski definition) is 2. The van der Waals surface area contributed by atoms with Gasteiger partial charge >= 0.3 is 6.18 Å². The Morgan fingerprint density at radius 2 is 1.82 bits per heavy atom. The van der Waals surface area contributed by atoms with Crippen molar-refractivity contribution in [2.75, 3.05) is 0 Å². The topological polar surface area (TPSA) is 114 Å². The average molecular weight is 569 g/mol. The molecule has 2 fully saturated rings. The number of amides is 2. The van der Waals surface area contributed by atoms with Crippen LogP contribution in [-0.4, -0.2) is 43.7 Å². The van der Waals surface area contributed by atoms with Gasteiger partial charge in [-0.1, -0.05) is 5.16 Å². The van der Waals surface area contributed by atoms with Crippen molar-refractivity contribution < 1.29 is 36.1 Å². The minimum Gasteiger partial charge on any atom is -0.364 e. The minimum absolute atomic E-state index is 0.0789. The van der Waals surface area contributed by atoms with E-state index in [2.05, 4.69) is 25.9 Å². The molecule has 216 valence electrons. The fourth-order valence-corrected chi connectivity index (χ4v) is 5.18. The normalized spacial score (nSPS) is 19.4. The number of imidazole rings is 1. The molecular formula is C26H29F5N6O3. The Hall–Kier alpha value is -3.58. The van der Waals surface area contributed by atoms with E-state index < -0.39 is 48.8 Å². The summed E-state index contributed by atoms with van der Waals surface area (Å²) in [5, 5.41) is 13.7. The molecule has 0 unspecified atom stereocenters. The number of halogens is 5. The summed E-state index contributed by atoms with van der Waals surface area (Å²) in [6.07, 6.45) is -0.446. The molecule has 5 rings (SSSR count). The maximum absolute atomic E-state index is 13.9. The summed E-state index contributed by atoms with van der Waals surface area (Å²) in [5.74, 6) is -4.21. The van der Waals surface area contributed by atoms with Gasteiger partial charge in [-0.2, -0.15) is 18.3 Å². The first-order valence-corrected chi connectivity index (χ1v) is 13.2. The molecule has 0 aliphatic heterocycles. The zero-order valence-corrected chi connectivity index (χ0v) is 21.7. The van der Waals surface area contributed by atoms with Gasteiger partial charge < -0.3 is 15.2 Å². The summed E-state index contributed by atoms with van der Waals surface area (Å²) in [4.78, 5) is 29.9. The predicted octanol–water partition coefficient (Wildman–Crippen LogP) is 5.23. The van der Waals surface area contributed by atoms with Crippen molar-refractivity contribution in [3.63, 3.8) is 0 Å². The van der Waals surface area contributed by atoms with E-state index >= 15 is 0 Å². The van der Waals surface area contributed by atoms with Crippen molar-refractivity contribution in [3.05, 3.63) is 47.2 Å². The van der Waals surface area contributed by atoms with Crippen molar-refractivity contribution in [1.29, 1.82) is 0 Å². The van der Waals surface area contributed by atoms with Crippen molar-refractivity contribution >= 4 is 17.5 Å². The number of rotatable bonds is 9. The second-order valence-electron chi connectivity index (χ2n) is 10.7. The van der Waals surface area contributed by atoms with Gasteiger partial charge in [0.1, 0.15) is 6.26 Å². The van der Waals surface area contributed by atoms with Crippen LogP contribution in [0.4, 0.5) is 22.0 Å². The summed E-state index contributed by atoms with van der Waals surface area (Å²) in [5.41, 5.74) is 2.02. The maximum Gasteiger partial charge on any atom is 0.389 e. The Morgan fingerprint density at radius 3 is 2.45 bits per heavy atom. The number of carbonyl (C=O) groups is 2. The fourth-order valence-electron chi connectivity index (χ4n) is 5.18. The molecule has 2 amide bonds. The van der Waals surface area contributed by atoms with Crippen LogP contribution in [0, 0.1) is 18.8 Å². The SMILES string of the molecule is Cc1conc1C(=O)N[C@H](c1cn2ncc([C@H](NC(=O)CCC(F)(F)F)C3CC3)cc2n1)C1CCC(F)(F)CC1. The number of aromatic nitrogens is 4. The van der Waals surface area contributed by atoms with Crippen LogP contribution >= 0.6 is 0 Å². The lowest BCUT2D eigenvalue weighted by Crippen LogP contribution is -2.37. The lowest BCUT2D eigenvalue weighted by Gasteiger charge is -2.33. The third-order valence-electron chi connectivity index (χ3n) is 7.56. The Balaban J connectivity index is 1.39. The number of alkyl halides is 5. The van der Waals surface area contributed by atoms with E-state index in [9.17, 15) is 31.5 Å². The smallest absolute Gasteiger partial charge is 0.364 e. The molecular weight excluding hydrogens is 539 g/mol. The molecule has 9 nitrogen and oxygen atoms in total. The van der Waals surface area contributed by atoms with Crippen LogP contribution in [0.3, 0.4) is 0 Å². The molecule has 2 atom stereocenters. The number of fused-ring (bicyclic) bond motifs is 1. The Kier molecular flexibility index (Phi) is 7.53. The molecule has 14 heteroatoms. The first-order chi connectivity index (χ1) is 18.9. The molecule has 0 spiro atoms. The van der Waals surface area contributed by atoms with Gasteiger partial charge in [-0.15, -0.1) is 0 Å². The van der Waals surface area contributed by atoms with E-state index in [4.69, 9.17) is 4.52 Å². The highest BCUT2D eigenvalue weighted by Gasteiger charge is 2.40. The molecule has 0 saturated heterocycles. The van der Waals surface area contributed by atoms with Crippen LogP contribution in [0.5, 0.6) is 0 Å². The van der Waals surface area contributed by atoms with Gasteiger partial charge in [0.2, 0.25) is 11.8 Å². The summed E-state index contributed by atoms with van der Waals surface area (Å²) < 4.78 is 71.9. The third kappa shape index (κ3) is 6.58. The molecule has 2 saturated carbocycles. The first kappa shape index (κ1) is 28.0. The van der Waals surface area contributed by atoms with E-state index in [1.165, 1.54) is 17.0 Å². The Labute approximate surface area is 225 Å². The summed E-state index contributed by atoms with van der Waals surface area (Å²) in [7, 11) is 0. The van der Waals surface area contributed by atoms with Crippen molar-refractivity contribution in [3.8, 4) is 0 Å². The number of hydrogen-bond acceptors (Lipinski definition) is 6. The first-order valence-electron chi connectivity index (χ1n) is 13.2. The standard InChI is InChI=1S/C26H29F5N6O3/c1-14-13-40-36-21(14)24(39)35-23(16-4-7-25(27,28)8-5-16)18-12-37-19(33-18)10-17(11-32-37)22(15-2-3-15)34-20(38)6-9-26(29,30)31/h10-13,15-16,22-23H,2-9H2,1H3,(H,34,38)(H,35,39)/t22-,23+/m1/s1. The minimum atomic E-state index is -4.42. The van der Waals surface area contributed by atoms with Crippen molar-refractivity contribution in [2.24, 2.45) is 11.8 Å². The van der Waals surface area contributed by atoms with E-state index in [0.29, 0.717) is 22.5 Å². The van der Waals surface area contributed by atoms with E-state index in [1.54, 1.807) is 19.2 Å². The molecule has 0 bridgehead atoms. The van der Waals surface area contributed by atoms with Crippen molar-refractivity contribution in [2.45, 2.75) is 82.5 Å². The van der Waals surface area contributed by atoms with Gasteiger partial charge in [-0.25, -0.2) is 18.3 Å². The monoisotopic (exact) mass is 568 g/mol. The lowest BCUT2D eigenvalue weighted by molar-refractivity contribution is -0.144. The average Bonchev–Trinajstić information content (AvgIpc) is 3.49. The Bertz CT molecular complexity index is 1370. The number of nitrogens with zero attached hydrogens (tertiary/aromatic N) is 4. The molecule has 3 aromatic heterocycles. The molecule has 2 aliphatic carbocycles. The van der Waals surface area contributed by atoms with Gasteiger partial charge in [-0.05, 0) is 56.1 Å². The number of aryl methyl sites for hydroxylation is 1. The number of carbonyl (C=O) groups excluding carboxylic acids is 2. The van der Waals surface area contributed by atoms with Crippen molar-refractivity contribution in [1.82, 2.24) is 30.4 Å². The largest absolute Gasteiger partial charge is 0.389 e. The highest BCUT2D eigenvalue weighted by Crippen LogP contribution is 2.43. The van der Waals surface area contributed by atoms with Crippen LogP contribution in [0.25, 0.3) is 5.65 Å². The summed E-state index contributed by atoms with van der Waals surface area (Å²) in [6, 6.07) is 0.481. The third-order valence-corrected chi connectivity index (χ3v) is 7.56. The van der Waals surface area contributed by atoms with Crippen LogP contribution in [0.1, 0.15) is 90.8 Å². The zero-order chi connectivity index (χ0) is 28.7. The van der Waals surface area contributed by atoms with E-state index in [1.807, 2.05) is 0 Å². The molecule has 3 heterocycles. The highest BCUT2D eigenvalue weighted by atomic mass is 19.4. The van der Waals surface area contributed by atoms with Crippen LogP contribution in [-0.2, 0) is 4.79 Å². The molecule has 2 N–H and O–H groups in total. The highest BCUT2D eigenvalue weighted by molar-refractivity contribution is 5.93. The fraction of sp³-hybridized carbons (Fsp3) is 0.577. The van der Waals surface area contributed by atoms with Gasteiger partial charge in [0.15, 0.2) is 11.3 Å². The van der Waals surface area contributed by atoms with E-state index in [0.717, 1.165) is 12.8 Å². The second-order valence-corrected chi connectivity index (χ2v) is 10.7. The molecule has 3 aromatic rings. The molecule has 40 heavy (non-hydrogen) atoms. The maximum atomic E-state index is 13.9. The summed E-state index contributed by atoms with van der Waals surface area (Å²) >= 11 is 0. The predicted molar refractivity (Wildman–Crippen MR) is 130 cm³/mol. The Morgan fingerprint density at radius 1 is 1.12 bits per heavy atom. The lowest BCUT2D eigenvalue weighted by atomic mass is 9.81. The summed E-state index contributed by atoms with van der Waals surface area (Å²) in [6.45, 7) is 1.66. The van der Waals surface area contributed by atoms with Gasteiger partial charge in [-0.3, -0.25) is 9.59 Å². The van der Waals surface area contributed by atoms with E-state index in [-0.39, 0.29) is 43.2 Å². The van der Waals surface area contributed by atoms with Crippen LogP contribution in [0.2, 0.25) is 0 Å². The van der Waals surface area contributed by atoms with Gasteiger partial charge in [0.25, 0.3) is 5.91 Å². The number of nitrogens with one attached hydrogen (secondary N) is 2. The van der Waals surface area contributed by atoms with Gasteiger partial charge in [0, 0.05) is 24.8 Å². The molecule has 0 radical (unpaired) electrons. The van der Waals surface area contributed by atoms with Gasteiger partial charge in [0.05, 0.1) is 36.6 Å². The molecule has 2 aliphatic rings. The second kappa shape index (κ2) is 10.8. The molecule has 0 aromatic carbocycles.